The van der Waals surface area contributed by atoms with Crippen molar-refractivity contribution >= 4 is 0 Å². The van der Waals surface area contributed by atoms with Gasteiger partial charge in [0, 0.05) is 30.9 Å². The molecule has 1 aliphatic rings. The number of methoxy groups -OCH3 is 1. The number of hydrogen-bond donors (Lipinski definition) is 0. The molecule has 2 heterocycles. The Labute approximate surface area is 119 Å². The van der Waals surface area contributed by atoms with Crippen LogP contribution in [0.1, 0.15) is 0 Å². The fourth-order valence-corrected chi connectivity index (χ4v) is 2.39. The number of rotatable bonds is 4. The molecule has 1 saturated heterocycles. The molecule has 0 bridgehead atoms. The van der Waals surface area contributed by atoms with Gasteiger partial charge in [-0.3, -0.25) is 9.88 Å². The summed E-state index contributed by atoms with van der Waals surface area (Å²) in [6, 6.07) is 11.8. The number of pyridine rings is 1. The van der Waals surface area contributed by atoms with Gasteiger partial charge in [-0.2, -0.15) is 0 Å². The highest BCUT2D eigenvalue weighted by atomic mass is 16.5. The third kappa shape index (κ3) is 2.60. The van der Waals surface area contributed by atoms with Gasteiger partial charge in [-0.25, -0.2) is 0 Å². The summed E-state index contributed by atoms with van der Waals surface area (Å²) in [5.41, 5.74) is 1.88. The van der Waals surface area contributed by atoms with Crippen LogP contribution in [0.5, 0.6) is 11.5 Å². The number of likely N-dealkylation sites (N-methyl/N-ethyl adjacent to an activating group) is 1. The summed E-state index contributed by atoms with van der Waals surface area (Å²) in [7, 11) is 3.76. The van der Waals surface area contributed by atoms with Crippen molar-refractivity contribution in [1.82, 2.24) is 9.88 Å². The fraction of sp³-hybridized carbons (Fsp3) is 0.312. The number of hydrogen-bond acceptors (Lipinski definition) is 4. The van der Waals surface area contributed by atoms with Gasteiger partial charge in [-0.15, -0.1) is 0 Å². The normalized spacial score (nSPS) is 15.7. The molecule has 1 aliphatic heterocycles. The van der Waals surface area contributed by atoms with E-state index in [0.717, 1.165) is 35.8 Å². The number of ether oxygens (including phenoxy) is 2. The first-order valence-electron chi connectivity index (χ1n) is 6.71. The second kappa shape index (κ2) is 5.51. The second-order valence-electron chi connectivity index (χ2n) is 5.04. The molecule has 0 N–H and O–H groups in total. The van der Waals surface area contributed by atoms with Crippen LogP contribution in [0.15, 0.2) is 42.6 Å². The van der Waals surface area contributed by atoms with Crippen LogP contribution in [0.3, 0.4) is 0 Å². The average Bonchev–Trinajstić information content (AvgIpc) is 2.46. The van der Waals surface area contributed by atoms with E-state index in [-0.39, 0.29) is 6.10 Å². The fourth-order valence-electron chi connectivity index (χ4n) is 2.39. The van der Waals surface area contributed by atoms with E-state index in [2.05, 4.69) is 16.9 Å². The highest BCUT2D eigenvalue weighted by Gasteiger charge is 2.25. The second-order valence-corrected chi connectivity index (χ2v) is 5.04. The third-order valence-electron chi connectivity index (χ3n) is 3.45. The molecule has 0 aliphatic carbocycles. The Morgan fingerprint density at radius 1 is 1.20 bits per heavy atom. The molecule has 1 aromatic heterocycles. The summed E-state index contributed by atoms with van der Waals surface area (Å²) in [5.74, 6) is 1.63. The molecule has 0 atom stereocenters. The van der Waals surface area contributed by atoms with E-state index in [1.165, 1.54) is 0 Å². The van der Waals surface area contributed by atoms with E-state index in [1.807, 2.05) is 36.4 Å². The van der Waals surface area contributed by atoms with E-state index in [0.29, 0.717) is 0 Å². The Bertz CT molecular complexity index is 580. The Kier molecular flexibility index (Phi) is 3.56. The summed E-state index contributed by atoms with van der Waals surface area (Å²) >= 11 is 0. The quantitative estimate of drug-likeness (QED) is 0.854. The van der Waals surface area contributed by atoms with Crippen LogP contribution in [-0.4, -0.2) is 43.2 Å². The molecule has 0 spiro atoms. The highest BCUT2D eigenvalue weighted by molar-refractivity contribution is 5.68. The summed E-state index contributed by atoms with van der Waals surface area (Å²) < 4.78 is 11.4. The van der Waals surface area contributed by atoms with Crippen LogP contribution in [0.4, 0.5) is 0 Å². The standard InChI is InChI=1S/C16H18N2O2/c1-18-10-13(11-18)20-12-6-7-14(16(9-12)19-2)15-5-3-4-8-17-15/h3-9,13H,10-11H2,1-2H3. The average molecular weight is 270 g/mol. The Morgan fingerprint density at radius 2 is 2.05 bits per heavy atom. The minimum absolute atomic E-state index is 0.283. The van der Waals surface area contributed by atoms with E-state index < -0.39 is 0 Å². The predicted octanol–water partition coefficient (Wildman–Crippen LogP) is 2.45. The SMILES string of the molecule is COc1cc(OC2CN(C)C2)ccc1-c1ccccn1. The minimum atomic E-state index is 0.283. The predicted molar refractivity (Wildman–Crippen MR) is 78.1 cm³/mol. The van der Waals surface area contributed by atoms with Crippen LogP contribution < -0.4 is 9.47 Å². The van der Waals surface area contributed by atoms with E-state index in [9.17, 15) is 0 Å². The van der Waals surface area contributed by atoms with Crippen LogP contribution in [0, 0.1) is 0 Å². The molecule has 20 heavy (non-hydrogen) atoms. The van der Waals surface area contributed by atoms with Gasteiger partial charge >= 0.3 is 0 Å². The molecule has 0 amide bonds. The van der Waals surface area contributed by atoms with Gasteiger partial charge in [0.2, 0.25) is 0 Å². The maximum atomic E-state index is 5.91. The first kappa shape index (κ1) is 12.9. The molecule has 1 fully saturated rings. The number of aromatic nitrogens is 1. The van der Waals surface area contributed by atoms with Crippen molar-refractivity contribution < 1.29 is 9.47 Å². The van der Waals surface area contributed by atoms with Crippen molar-refractivity contribution in [1.29, 1.82) is 0 Å². The van der Waals surface area contributed by atoms with E-state index in [4.69, 9.17) is 9.47 Å². The zero-order valence-electron chi connectivity index (χ0n) is 11.7. The van der Waals surface area contributed by atoms with Crippen molar-refractivity contribution in [3.63, 3.8) is 0 Å². The summed E-state index contributed by atoms with van der Waals surface area (Å²) in [6.07, 6.45) is 2.06. The van der Waals surface area contributed by atoms with Gasteiger partial charge < -0.3 is 9.47 Å². The minimum Gasteiger partial charge on any atom is -0.496 e. The molecule has 0 saturated carbocycles. The van der Waals surface area contributed by atoms with Crippen LogP contribution in [0.2, 0.25) is 0 Å². The van der Waals surface area contributed by atoms with Crippen molar-refractivity contribution in [2.24, 2.45) is 0 Å². The first-order valence-corrected chi connectivity index (χ1v) is 6.71. The first-order chi connectivity index (χ1) is 9.76. The Morgan fingerprint density at radius 3 is 2.70 bits per heavy atom. The molecule has 104 valence electrons. The third-order valence-corrected chi connectivity index (χ3v) is 3.45. The Balaban J connectivity index is 1.83. The van der Waals surface area contributed by atoms with Gasteiger partial charge in [-0.1, -0.05) is 6.07 Å². The zero-order chi connectivity index (χ0) is 13.9. The van der Waals surface area contributed by atoms with Crippen molar-refractivity contribution in [3.8, 4) is 22.8 Å². The molecule has 4 nitrogen and oxygen atoms in total. The summed E-state index contributed by atoms with van der Waals surface area (Å²) in [5, 5.41) is 0. The zero-order valence-corrected chi connectivity index (χ0v) is 11.7. The van der Waals surface area contributed by atoms with E-state index in [1.54, 1.807) is 13.3 Å². The lowest BCUT2D eigenvalue weighted by Gasteiger charge is -2.36. The molecule has 0 radical (unpaired) electrons. The summed E-state index contributed by atoms with van der Waals surface area (Å²) in [4.78, 5) is 6.58. The molecule has 1 aromatic carbocycles. The lowest BCUT2D eigenvalue weighted by atomic mass is 10.1. The molecule has 0 unspecified atom stereocenters. The lowest BCUT2D eigenvalue weighted by Crippen LogP contribution is -2.51. The van der Waals surface area contributed by atoms with Gasteiger partial charge in [0.15, 0.2) is 0 Å². The van der Waals surface area contributed by atoms with Gasteiger partial charge in [-0.05, 0) is 31.3 Å². The summed E-state index contributed by atoms with van der Waals surface area (Å²) in [6.45, 7) is 1.95. The Hall–Kier alpha value is -2.07. The van der Waals surface area contributed by atoms with Crippen molar-refractivity contribution in [2.45, 2.75) is 6.10 Å². The monoisotopic (exact) mass is 270 g/mol. The molecule has 2 aromatic rings. The largest absolute Gasteiger partial charge is 0.496 e. The number of likely N-dealkylation sites (tertiary alicyclic amines) is 1. The smallest absolute Gasteiger partial charge is 0.131 e. The van der Waals surface area contributed by atoms with Crippen LogP contribution in [0.25, 0.3) is 11.3 Å². The van der Waals surface area contributed by atoms with Crippen LogP contribution >= 0.6 is 0 Å². The van der Waals surface area contributed by atoms with E-state index >= 15 is 0 Å². The number of nitrogens with zero attached hydrogens (tertiary/aromatic N) is 2. The lowest BCUT2D eigenvalue weighted by molar-refractivity contribution is 0.0387. The molecule has 3 rings (SSSR count). The number of benzene rings is 1. The molecule has 4 heteroatoms. The highest BCUT2D eigenvalue weighted by Crippen LogP contribution is 2.32. The molecular formula is C16H18N2O2. The van der Waals surface area contributed by atoms with Crippen molar-refractivity contribution in [3.05, 3.63) is 42.6 Å². The van der Waals surface area contributed by atoms with Crippen LogP contribution in [-0.2, 0) is 0 Å². The van der Waals surface area contributed by atoms with Gasteiger partial charge in [0.1, 0.15) is 17.6 Å². The maximum Gasteiger partial charge on any atom is 0.131 e. The van der Waals surface area contributed by atoms with Crippen molar-refractivity contribution in [2.75, 3.05) is 27.2 Å². The molecular weight excluding hydrogens is 252 g/mol. The maximum absolute atomic E-state index is 5.91. The topological polar surface area (TPSA) is 34.6 Å². The van der Waals surface area contributed by atoms with Gasteiger partial charge in [0.25, 0.3) is 0 Å². The van der Waals surface area contributed by atoms with Gasteiger partial charge in [0.05, 0.1) is 12.8 Å².